The maximum Gasteiger partial charge on any atom is 0.191 e. The van der Waals surface area contributed by atoms with Crippen LogP contribution in [0.5, 0.6) is 0 Å². The molecule has 2 heterocycles. The van der Waals surface area contributed by atoms with Gasteiger partial charge in [0.15, 0.2) is 5.96 Å². The molecule has 2 rings (SSSR count). The molecule has 0 spiro atoms. The minimum atomic E-state index is 0.924. The number of aliphatic imine (C=N–C) groups is 1. The van der Waals surface area contributed by atoms with Crippen LogP contribution in [0.4, 0.5) is 0 Å². The molecule has 0 aliphatic carbocycles. The van der Waals surface area contributed by atoms with Crippen LogP contribution in [0.3, 0.4) is 0 Å². The summed E-state index contributed by atoms with van der Waals surface area (Å²) < 4.78 is 0. The maximum absolute atomic E-state index is 4.72. The van der Waals surface area contributed by atoms with E-state index in [1.807, 2.05) is 0 Å². The summed E-state index contributed by atoms with van der Waals surface area (Å²) in [5.74, 6) is 1.92. The summed E-state index contributed by atoms with van der Waals surface area (Å²) in [5, 5.41) is 6.86. The lowest BCUT2D eigenvalue weighted by Gasteiger charge is -2.30. The number of piperidine rings is 1. The molecular formula is C19H39N5. The third kappa shape index (κ3) is 7.84. The van der Waals surface area contributed by atoms with Gasteiger partial charge in [-0.1, -0.05) is 6.92 Å². The molecule has 2 aliphatic rings. The maximum atomic E-state index is 4.72. The minimum absolute atomic E-state index is 0.924. The number of rotatable bonds is 9. The third-order valence-electron chi connectivity index (χ3n) is 5.27. The van der Waals surface area contributed by atoms with Crippen LogP contribution < -0.4 is 10.6 Å². The predicted molar refractivity (Wildman–Crippen MR) is 104 cm³/mol. The molecule has 0 amide bonds. The first kappa shape index (κ1) is 19.5. The van der Waals surface area contributed by atoms with Gasteiger partial charge in [-0.2, -0.15) is 0 Å². The zero-order valence-corrected chi connectivity index (χ0v) is 16.0. The highest BCUT2D eigenvalue weighted by Crippen LogP contribution is 2.15. The van der Waals surface area contributed by atoms with E-state index in [9.17, 15) is 0 Å². The molecule has 2 aliphatic heterocycles. The summed E-state index contributed by atoms with van der Waals surface area (Å²) in [6, 6.07) is 0. The van der Waals surface area contributed by atoms with Gasteiger partial charge >= 0.3 is 0 Å². The molecule has 0 aromatic carbocycles. The zero-order valence-electron chi connectivity index (χ0n) is 16.0. The topological polar surface area (TPSA) is 42.9 Å². The molecule has 0 bridgehead atoms. The van der Waals surface area contributed by atoms with Crippen LogP contribution in [0.15, 0.2) is 4.99 Å². The first-order valence-corrected chi connectivity index (χ1v) is 10.2. The first-order chi connectivity index (χ1) is 11.8. The first-order valence-electron chi connectivity index (χ1n) is 10.2. The van der Waals surface area contributed by atoms with Crippen LogP contribution >= 0.6 is 0 Å². The molecule has 2 fully saturated rings. The largest absolute Gasteiger partial charge is 0.357 e. The van der Waals surface area contributed by atoms with Gasteiger partial charge in [0, 0.05) is 19.6 Å². The molecular weight excluding hydrogens is 298 g/mol. The van der Waals surface area contributed by atoms with E-state index in [-0.39, 0.29) is 0 Å². The van der Waals surface area contributed by atoms with Gasteiger partial charge in [-0.25, -0.2) is 0 Å². The van der Waals surface area contributed by atoms with Crippen molar-refractivity contribution < 1.29 is 0 Å². The fourth-order valence-electron chi connectivity index (χ4n) is 3.63. The Morgan fingerprint density at radius 2 is 1.62 bits per heavy atom. The molecule has 5 nitrogen and oxygen atoms in total. The summed E-state index contributed by atoms with van der Waals surface area (Å²) in [7, 11) is 0. The van der Waals surface area contributed by atoms with Crippen LogP contribution in [0.2, 0.25) is 0 Å². The monoisotopic (exact) mass is 337 g/mol. The Morgan fingerprint density at radius 1 is 0.958 bits per heavy atom. The molecule has 140 valence electrons. The summed E-state index contributed by atoms with van der Waals surface area (Å²) in [4.78, 5) is 9.90. The van der Waals surface area contributed by atoms with Gasteiger partial charge in [0.25, 0.3) is 0 Å². The van der Waals surface area contributed by atoms with E-state index in [0.717, 1.165) is 31.5 Å². The Hall–Kier alpha value is -0.810. The van der Waals surface area contributed by atoms with Crippen LogP contribution in [0, 0.1) is 5.92 Å². The van der Waals surface area contributed by atoms with Crippen molar-refractivity contribution in [3.05, 3.63) is 0 Å². The number of nitrogens with one attached hydrogen (secondary N) is 2. The molecule has 0 saturated carbocycles. The van der Waals surface area contributed by atoms with Gasteiger partial charge < -0.3 is 20.4 Å². The quantitative estimate of drug-likeness (QED) is 0.384. The number of likely N-dealkylation sites (tertiary alicyclic amines) is 2. The molecule has 0 radical (unpaired) electrons. The van der Waals surface area contributed by atoms with E-state index in [2.05, 4.69) is 34.3 Å². The third-order valence-corrected chi connectivity index (χ3v) is 5.27. The average Bonchev–Trinajstić information content (AvgIpc) is 3.10. The summed E-state index contributed by atoms with van der Waals surface area (Å²) >= 11 is 0. The van der Waals surface area contributed by atoms with Crippen molar-refractivity contribution in [1.29, 1.82) is 0 Å². The minimum Gasteiger partial charge on any atom is -0.357 e. The van der Waals surface area contributed by atoms with Crippen LogP contribution in [-0.2, 0) is 0 Å². The van der Waals surface area contributed by atoms with Crippen LogP contribution in [0.1, 0.15) is 52.4 Å². The van der Waals surface area contributed by atoms with Crippen molar-refractivity contribution in [2.45, 2.75) is 52.4 Å². The Bertz CT molecular complexity index is 344. The Morgan fingerprint density at radius 3 is 2.33 bits per heavy atom. The number of nitrogens with zero attached hydrogens (tertiary/aromatic N) is 3. The van der Waals surface area contributed by atoms with E-state index in [1.54, 1.807) is 0 Å². The second-order valence-corrected chi connectivity index (χ2v) is 7.47. The highest BCUT2D eigenvalue weighted by Gasteiger charge is 2.14. The molecule has 0 atom stereocenters. The normalized spacial score (nSPS) is 21.3. The highest BCUT2D eigenvalue weighted by atomic mass is 15.2. The number of hydrogen-bond acceptors (Lipinski definition) is 3. The molecule has 0 unspecified atom stereocenters. The second-order valence-electron chi connectivity index (χ2n) is 7.47. The summed E-state index contributed by atoms with van der Waals surface area (Å²) in [5.41, 5.74) is 0. The van der Waals surface area contributed by atoms with Crippen molar-refractivity contribution in [2.75, 3.05) is 58.9 Å². The van der Waals surface area contributed by atoms with Crippen molar-refractivity contribution in [3.8, 4) is 0 Å². The van der Waals surface area contributed by atoms with E-state index in [1.165, 1.54) is 77.8 Å². The number of guanidine groups is 1. The molecule has 2 N–H and O–H groups in total. The number of hydrogen-bond donors (Lipinski definition) is 2. The van der Waals surface area contributed by atoms with E-state index < -0.39 is 0 Å². The summed E-state index contributed by atoms with van der Waals surface area (Å²) in [6.07, 6.45) is 7.87. The fraction of sp³-hybridized carbons (Fsp3) is 0.947. The van der Waals surface area contributed by atoms with E-state index >= 15 is 0 Å². The predicted octanol–water partition coefficient (Wildman–Crippen LogP) is 2.15. The van der Waals surface area contributed by atoms with Crippen LogP contribution in [-0.4, -0.2) is 74.7 Å². The van der Waals surface area contributed by atoms with Gasteiger partial charge in [-0.05, 0) is 90.6 Å². The van der Waals surface area contributed by atoms with Gasteiger partial charge in [0.2, 0.25) is 0 Å². The average molecular weight is 338 g/mol. The highest BCUT2D eigenvalue weighted by molar-refractivity contribution is 5.79. The van der Waals surface area contributed by atoms with E-state index in [4.69, 9.17) is 4.99 Å². The van der Waals surface area contributed by atoms with Crippen molar-refractivity contribution in [2.24, 2.45) is 10.9 Å². The van der Waals surface area contributed by atoms with Crippen molar-refractivity contribution >= 4 is 5.96 Å². The zero-order chi connectivity index (χ0) is 17.0. The SMILES string of the molecule is CCNC(=NCCCN1CCCC1)NCCCN1CCC(C)CC1. The second kappa shape index (κ2) is 11.7. The lowest BCUT2D eigenvalue weighted by atomic mass is 9.99. The summed E-state index contributed by atoms with van der Waals surface area (Å²) in [6.45, 7) is 15.0. The molecule has 24 heavy (non-hydrogen) atoms. The lowest BCUT2D eigenvalue weighted by molar-refractivity contribution is 0.191. The van der Waals surface area contributed by atoms with Crippen molar-refractivity contribution in [1.82, 2.24) is 20.4 Å². The molecule has 0 aromatic heterocycles. The molecule has 5 heteroatoms. The van der Waals surface area contributed by atoms with Gasteiger partial charge in [0.1, 0.15) is 0 Å². The smallest absolute Gasteiger partial charge is 0.191 e. The van der Waals surface area contributed by atoms with Crippen molar-refractivity contribution in [3.63, 3.8) is 0 Å². The van der Waals surface area contributed by atoms with E-state index in [0.29, 0.717) is 0 Å². The fourth-order valence-corrected chi connectivity index (χ4v) is 3.63. The Kier molecular flexibility index (Phi) is 9.51. The molecule has 2 saturated heterocycles. The standard InChI is InChI=1S/C19H39N5/c1-3-20-19(21-10-6-14-23-12-4-5-13-23)22-11-7-15-24-16-8-18(2)9-17-24/h18H,3-17H2,1-2H3,(H2,20,21,22). The Labute approximate surface area is 149 Å². The molecule has 0 aromatic rings. The van der Waals surface area contributed by atoms with Gasteiger partial charge in [-0.3, -0.25) is 4.99 Å². The lowest BCUT2D eigenvalue weighted by Crippen LogP contribution is -2.40. The Balaban J connectivity index is 1.55. The van der Waals surface area contributed by atoms with Gasteiger partial charge in [-0.15, -0.1) is 0 Å². The van der Waals surface area contributed by atoms with Gasteiger partial charge in [0.05, 0.1) is 0 Å². The van der Waals surface area contributed by atoms with Crippen LogP contribution in [0.25, 0.3) is 0 Å².